The number of nitrogens with one attached hydrogen (secondary N) is 1. The summed E-state index contributed by atoms with van der Waals surface area (Å²) in [7, 11) is 0. The van der Waals surface area contributed by atoms with Crippen LogP contribution in [0.3, 0.4) is 0 Å². The largest absolute Gasteiger partial charge is 0.488 e. The lowest BCUT2D eigenvalue weighted by molar-refractivity contribution is 0.169. The van der Waals surface area contributed by atoms with Crippen molar-refractivity contribution in [3.63, 3.8) is 0 Å². The highest BCUT2D eigenvalue weighted by molar-refractivity contribution is 8.00. The Morgan fingerprint density at radius 3 is 2.54 bits per heavy atom. The number of halogens is 3. The van der Waals surface area contributed by atoms with Gasteiger partial charge in [-0.3, -0.25) is 0 Å². The van der Waals surface area contributed by atoms with Crippen molar-refractivity contribution < 1.29 is 4.74 Å². The Hall–Kier alpha value is -0.580. The third kappa shape index (κ3) is 3.45. The standard InChI is InChI=1S/C20H20Cl3NOS/c1-10(2)26-18-6-11(19-15(22)7-12(21)8-16(19)23)5-13-14-9-24-4-3-17(14)25-20(13)18/h5-8,10,14,17,24H,3-4,9H2,1-2H3/t14-,17-/m0/s1. The fourth-order valence-corrected chi connectivity index (χ4v) is 5.78. The predicted octanol–water partition coefficient (Wildman–Crippen LogP) is 6.65. The van der Waals surface area contributed by atoms with E-state index in [1.165, 1.54) is 5.56 Å². The monoisotopic (exact) mass is 427 g/mol. The predicted molar refractivity (Wildman–Crippen MR) is 113 cm³/mol. The minimum absolute atomic E-state index is 0.254. The number of piperidine rings is 1. The van der Waals surface area contributed by atoms with Crippen LogP contribution in [0.15, 0.2) is 29.2 Å². The van der Waals surface area contributed by atoms with Crippen LogP contribution >= 0.6 is 46.6 Å². The van der Waals surface area contributed by atoms with Crippen molar-refractivity contribution in [3.05, 3.63) is 44.9 Å². The van der Waals surface area contributed by atoms with Gasteiger partial charge in [0.1, 0.15) is 11.9 Å². The molecule has 2 heterocycles. The summed E-state index contributed by atoms with van der Waals surface area (Å²) >= 11 is 20.9. The van der Waals surface area contributed by atoms with E-state index in [2.05, 4.69) is 31.3 Å². The summed E-state index contributed by atoms with van der Waals surface area (Å²) in [4.78, 5) is 1.16. The van der Waals surface area contributed by atoms with Crippen LogP contribution in [0.5, 0.6) is 5.75 Å². The molecule has 1 fully saturated rings. The quantitative estimate of drug-likeness (QED) is 0.553. The first kappa shape index (κ1) is 18.8. The Bertz CT molecular complexity index is 832. The van der Waals surface area contributed by atoms with Crippen molar-refractivity contribution in [2.75, 3.05) is 13.1 Å². The zero-order valence-corrected chi connectivity index (χ0v) is 17.7. The molecule has 0 bridgehead atoms. The SMILES string of the molecule is CC(C)Sc1cc(-c2c(Cl)cc(Cl)cc2Cl)cc2c1O[C@H]1CCNC[C@@H]21. The van der Waals surface area contributed by atoms with Crippen LogP contribution in [-0.2, 0) is 0 Å². The van der Waals surface area contributed by atoms with E-state index in [0.29, 0.717) is 26.2 Å². The zero-order chi connectivity index (χ0) is 18.4. The van der Waals surface area contributed by atoms with E-state index in [-0.39, 0.29) is 6.10 Å². The maximum Gasteiger partial charge on any atom is 0.137 e. The van der Waals surface area contributed by atoms with E-state index >= 15 is 0 Å². The van der Waals surface area contributed by atoms with Crippen molar-refractivity contribution in [3.8, 4) is 16.9 Å². The lowest BCUT2D eigenvalue weighted by Crippen LogP contribution is -2.37. The van der Waals surface area contributed by atoms with Crippen LogP contribution in [0.1, 0.15) is 31.7 Å². The van der Waals surface area contributed by atoms with Crippen LogP contribution in [0.4, 0.5) is 0 Å². The van der Waals surface area contributed by atoms with Crippen LogP contribution in [0.2, 0.25) is 15.1 Å². The van der Waals surface area contributed by atoms with Crippen molar-refractivity contribution in [2.24, 2.45) is 0 Å². The van der Waals surface area contributed by atoms with Crippen molar-refractivity contribution in [1.82, 2.24) is 5.32 Å². The Morgan fingerprint density at radius 1 is 1.12 bits per heavy atom. The van der Waals surface area contributed by atoms with Gasteiger partial charge in [0.15, 0.2) is 0 Å². The first-order chi connectivity index (χ1) is 12.4. The van der Waals surface area contributed by atoms with Crippen LogP contribution in [0.25, 0.3) is 11.1 Å². The summed E-state index contributed by atoms with van der Waals surface area (Å²) in [5.74, 6) is 1.41. The van der Waals surface area contributed by atoms with Gasteiger partial charge in [0, 0.05) is 33.9 Å². The lowest BCUT2D eigenvalue weighted by atomic mass is 9.89. The smallest absolute Gasteiger partial charge is 0.137 e. The van der Waals surface area contributed by atoms with Crippen LogP contribution in [0, 0.1) is 0 Å². The van der Waals surface area contributed by atoms with Gasteiger partial charge in [-0.2, -0.15) is 0 Å². The summed E-state index contributed by atoms with van der Waals surface area (Å²) in [6.45, 7) is 6.32. The van der Waals surface area contributed by atoms with Gasteiger partial charge in [0.25, 0.3) is 0 Å². The average Bonchev–Trinajstić information content (AvgIpc) is 2.93. The average molecular weight is 429 g/mol. The Balaban J connectivity index is 1.88. The van der Waals surface area contributed by atoms with E-state index in [4.69, 9.17) is 39.5 Å². The second-order valence-electron chi connectivity index (χ2n) is 7.06. The summed E-state index contributed by atoms with van der Waals surface area (Å²) in [6.07, 6.45) is 1.28. The second-order valence-corrected chi connectivity index (χ2v) is 9.93. The fourth-order valence-electron chi connectivity index (χ4n) is 3.77. The number of rotatable bonds is 3. The molecule has 0 unspecified atom stereocenters. The van der Waals surface area contributed by atoms with E-state index in [1.54, 1.807) is 12.1 Å². The molecule has 1 saturated heterocycles. The number of ether oxygens (including phenoxy) is 1. The molecule has 2 nitrogen and oxygen atoms in total. The molecular formula is C20H20Cl3NOS. The minimum atomic E-state index is 0.254. The Kier molecular flexibility index (Phi) is 5.37. The molecule has 138 valence electrons. The topological polar surface area (TPSA) is 21.3 Å². The van der Waals surface area contributed by atoms with E-state index in [1.807, 2.05) is 11.8 Å². The maximum atomic E-state index is 6.50. The highest BCUT2D eigenvalue weighted by atomic mass is 35.5. The van der Waals surface area contributed by atoms with Crippen molar-refractivity contribution in [1.29, 1.82) is 0 Å². The van der Waals surface area contributed by atoms with Gasteiger partial charge in [-0.05, 0) is 42.8 Å². The molecular weight excluding hydrogens is 409 g/mol. The fraction of sp³-hybridized carbons (Fsp3) is 0.400. The van der Waals surface area contributed by atoms with Gasteiger partial charge >= 0.3 is 0 Å². The molecule has 2 atom stereocenters. The summed E-state index contributed by atoms with van der Waals surface area (Å²) < 4.78 is 6.37. The zero-order valence-electron chi connectivity index (χ0n) is 14.6. The molecule has 26 heavy (non-hydrogen) atoms. The highest BCUT2D eigenvalue weighted by Crippen LogP contribution is 2.50. The van der Waals surface area contributed by atoms with E-state index < -0.39 is 0 Å². The summed E-state index contributed by atoms with van der Waals surface area (Å²) in [5, 5.41) is 5.63. The molecule has 0 aliphatic carbocycles. The third-order valence-electron chi connectivity index (χ3n) is 4.83. The van der Waals surface area contributed by atoms with Crippen molar-refractivity contribution in [2.45, 2.75) is 42.4 Å². The lowest BCUT2D eigenvalue weighted by Gasteiger charge is -2.25. The number of hydrogen-bond donors (Lipinski definition) is 1. The van der Waals surface area contributed by atoms with E-state index in [0.717, 1.165) is 41.3 Å². The molecule has 0 amide bonds. The molecule has 6 heteroatoms. The summed E-state index contributed by atoms with van der Waals surface area (Å²) in [5.41, 5.74) is 3.11. The first-order valence-corrected chi connectivity index (χ1v) is 10.8. The maximum absolute atomic E-state index is 6.50. The van der Waals surface area contributed by atoms with Gasteiger partial charge in [0.2, 0.25) is 0 Å². The van der Waals surface area contributed by atoms with Gasteiger partial charge in [-0.25, -0.2) is 0 Å². The molecule has 2 aliphatic heterocycles. The molecule has 2 aliphatic rings. The molecule has 0 saturated carbocycles. The van der Waals surface area contributed by atoms with E-state index in [9.17, 15) is 0 Å². The number of fused-ring (bicyclic) bond motifs is 3. The van der Waals surface area contributed by atoms with Gasteiger partial charge in [-0.1, -0.05) is 48.7 Å². The molecule has 0 aromatic heterocycles. The number of thioether (sulfide) groups is 1. The molecule has 2 aromatic rings. The third-order valence-corrected chi connectivity index (χ3v) is 6.67. The molecule has 4 rings (SSSR count). The molecule has 0 radical (unpaired) electrons. The molecule has 1 N–H and O–H groups in total. The number of benzene rings is 2. The van der Waals surface area contributed by atoms with Crippen molar-refractivity contribution >= 4 is 46.6 Å². The second kappa shape index (κ2) is 7.44. The van der Waals surface area contributed by atoms with Gasteiger partial charge in [0.05, 0.1) is 14.9 Å². The Labute approximate surface area is 173 Å². The van der Waals surface area contributed by atoms with Gasteiger partial charge in [-0.15, -0.1) is 11.8 Å². The normalized spacial score (nSPS) is 21.5. The summed E-state index contributed by atoms with van der Waals surface area (Å²) in [6, 6.07) is 7.83. The Morgan fingerprint density at radius 2 is 1.85 bits per heavy atom. The number of hydrogen-bond acceptors (Lipinski definition) is 3. The van der Waals surface area contributed by atoms with Gasteiger partial charge < -0.3 is 10.1 Å². The minimum Gasteiger partial charge on any atom is -0.488 e. The van der Waals surface area contributed by atoms with Crippen LogP contribution in [-0.4, -0.2) is 24.4 Å². The van der Waals surface area contributed by atoms with Crippen LogP contribution < -0.4 is 10.1 Å². The molecule has 2 aromatic carbocycles. The molecule has 0 spiro atoms. The highest BCUT2D eigenvalue weighted by Gasteiger charge is 2.38. The first-order valence-electron chi connectivity index (χ1n) is 8.81.